The number of benzene rings is 4. The number of rotatable bonds is 9. The average Bonchev–Trinajstić information content (AvgIpc) is 4.07. The Balaban J connectivity index is 0.920. The highest BCUT2D eigenvalue weighted by Gasteiger charge is 2.35. The lowest BCUT2D eigenvalue weighted by atomic mass is 9.98. The monoisotopic (exact) mass is 737 g/mol. The van der Waals surface area contributed by atoms with E-state index in [1.807, 2.05) is 42.7 Å². The molecule has 12 nitrogen and oxygen atoms in total. The molecule has 0 bridgehead atoms. The second-order valence-electron chi connectivity index (χ2n) is 14.2. The van der Waals surface area contributed by atoms with Crippen LogP contribution >= 0.6 is 0 Å². The first-order chi connectivity index (χ1) is 26.8. The lowest BCUT2D eigenvalue weighted by Gasteiger charge is -2.26. The smallest absolute Gasteiger partial charge is 0.410 e. The number of alkyl carbamates (subject to hydrolysis) is 1. The number of carbonyl (C=O) groups is 3. The molecule has 3 amide bonds. The molecule has 0 spiro atoms. The van der Waals surface area contributed by atoms with Crippen LogP contribution in [0.1, 0.15) is 61.9 Å². The lowest BCUT2D eigenvalue weighted by Crippen LogP contribution is -2.46. The number of methoxy groups -OCH3 is 1. The molecule has 4 heterocycles. The molecular weight excluding hydrogens is 695 g/mol. The Hall–Kier alpha value is -6.43. The summed E-state index contributed by atoms with van der Waals surface area (Å²) in [6.45, 7) is 3.15. The summed E-state index contributed by atoms with van der Waals surface area (Å²) in [7, 11) is 1.28. The van der Waals surface area contributed by atoms with E-state index in [4.69, 9.17) is 4.74 Å². The number of hydrogen-bond donors (Lipinski definition) is 3. The number of nitrogens with zero attached hydrogens (tertiary/aromatic N) is 4. The van der Waals surface area contributed by atoms with E-state index in [1.165, 1.54) is 7.11 Å². The Morgan fingerprint density at radius 2 is 1.31 bits per heavy atom. The van der Waals surface area contributed by atoms with Gasteiger partial charge < -0.3 is 29.7 Å². The van der Waals surface area contributed by atoms with E-state index in [0.717, 1.165) is 87.3 Å². The van der Waals surface area contributed by atoms with Gasteiger partial charge in [-0.15, -0.1) is 0 Å². The fraction of sp³-hybridized carbons (Fsp3) is 0.279. The third-order valence-corrected chi connectivity index (χ3v) is 10.6. The molecule has 3 N–H and O–H groups in total. The predicted octanol–water partition coefficient (Wildman–Crippen LogP) is 8.17. The SMILES string of the molecule is COC(=O)N[C@@H](C)C(=O)N1CCC[C@H]1c1ncc(-c2ccc3cc(-c4ccc(-c5cnc([C@@H]6CCCN6C(=O)OCc6ccccc6)[nH]5)cc4)ccc3c2)[nH]1. The molecule has 3 atom stereocenters. The number of ether oxygens (including phenoxy) is 2. The third-order valence-electron chi connectivity index (χ3n) is 10.6. The molecule has 4 aromatic carbocycles. The van der Waals surface area contributed by atoms with Gasteiger partial charge in [-0.3, -0.25) is 9.69 Å². The first-order valence-corrected chi connectivity index (χ1v) is 18.7. The fourth-order valence-electron chi connectivity index (χ4n) is 7.67. The zero-order chi connectivity index (χ0) is 37.9. The summed E-state index contributed by atoms with van der Waals surface area (Å²) in [6.07, 6.45) is 6.08. The van der Waals surface area contributed by atoms with Crippen LogP contribution in [-0.2, 0) is 20.9 Å². The van der Waals surface area contributed by atoms with Gasteiger partial charge in [-0.2, -0.15) is 0 Å². The third kappa shape index (κ3) is 7.53. The normalized spacial score (nSPS) is 17.3. The van der Waals surface area contributed by atoms with E-state index in [1.54, 1.807) is 16.7 Å². The van der Waals surface area contributed by atoms with E-state index in [2.05, 4.69) is 90.7 Å². The maximum atomic E-state index is 13.1. The van der Waals surface area contributed by atoms with Crippen molar-refractivity contribution in [1.82, 2.24) is 35.1 Å². The standard InChI is InChI=1S/C43H43N7O5/c1-27(46-42(52)54-2)41(51)49-20-6-10-37(49)39-45-25-36(48-39)34-19-18-32-22-31(16-17-33(32)23-34)29-12-14-30(15-13-29)35-24-44-40(47-35)38-11-7-21-50(38)43(53)55-26-28-8-4-3-5-9-28/h3-5,8-9,12-19,22-25,27,37-38H,6-7,10-11,20-21,26H2,1-2H3,(H,44,47)(H,45,48)(H,46,52)/t27-,37-,38-/m0/s1. The van der Waals surface area contributed by atoms with Crippen LogP contribution in [-0.4, -0.2) is 74.1 Å². The van der Waals surface area contributed by atoms with Crippen molar-refractivity contribution in [2.24, 2.45) is 0 Å². The number of H-pyrrole nitrogens is 2. The molecule has 2 saturated heterocycles. The van der Waals surface area contributed by atoms with Crippen molar-refractivity contribution < 1.29 is 23.9 Å². The van der Waals surface area contributed by atoms with Gasteiger partial charge in [-0.1, -0.05) is 78.9 Å². The minimum absolute atomic E-state index is 0.148. The van der Waals surface area contributed by atoms with Crippen molar-refractivity contribution >= 4 is 28.9 Å². The fourth-order valence-corrected chi connectivity index (χ4v) is 7.67. The van der Waals surface area contributed by atoms with E-state index < -0.39 is 12.1 Å². The summed E-state index contributed by atoms with van der Waals surface area (Å²) >= 11 is 0. The number of aromatic amines is 2. The van der Waals surface area contributed by atoms with Crippen LogP contribution in [0, 0.1) is 0 Å². The molecule has 8 rings (SSSR count). The molecule has 2 aromatic heterocycles. The van der Waals surface area contributed by atoms with Gasteiger partial charge in [0.05, 0.1) is 43.0 Å². The number of carbonyl (C=O) groups excluding carboxylic acids is 3. The van der Waals surface area contributed by atoms with Crippen LogP contribution < -0.4 is 5.32 Å². The molecule has 55 heavy (non-hydrogen) atoms. The van der Waals surface area contributed by atoms with Crippen molar-refractivity contribution in [3.05, 3.63) is 121 Å². The molecule has 0 saturated carbocycles. The maximum absolute atomic E-state index is 13.1. The molecule has 12 heteroatoms. The summed E-state index contributed by atoms with van der Waals surface area (Å²) in [5.41, 5.74) is 6.96. The van der Waals surface area contributed by atoms with Gasteiger partial charge in [0.25, 0.3) is 0 Å². The van der Waals surface area contributed by atoms with Crippen molar-refractivity contribution in [3.8, 4) is 33.6 Å². The van der Waals surface area contributed by atoms with Crippen LogP contribution in [0.4, 0.5) is 9.59 Å². The first-order valence-electron chi connectivity index (χ1n) is 18.7. The first kappa shape index (κ1) is 35.6. The van der Waals surface area contributed by atoms with Gasteiger partial charge in [0.1, 0.15) is 24.3 Å². The Morgan fingerprint density at radius 3 is 1.98 bits per heavy atom. The molecule has 2 fully saturated rings. The summed E-state index contributed by atoms with van der Waals surface area (Å²) < 4.78 is 10.3. The number of imidazole rings is 2. The number of aromatic nitrogens is 4. The van der Waals surface area contributed by atoms with Gasteiger partial charge in [-0.25, -0.2) is 19.6 Å². The minimum Gasteiger partial charge on any atom is -0.453 e. The van der Waals surface area contributed by atoms with E-state index in [9.17, 15) is 14.4 Å². The summed E-state index contributed by atoms with van der Waals surface area (Å²) in [4.78, 5) is 57.6. The van der Waals surface area contributed by atoms with Crippen LogP contribution in [0.25, 0.3) is 44.4 Å². The molecule has 280 valence electrons. The van der Waals surface area contributed by atoms with Gasteiger partial charge >= 0.3 is 12.2 Å². The largest absolute Gasteiger partial charge is 0.453 e. The van der Waals surface area contributed by atoms with Gasteiger partial charge in [0, 0.05) is 18.7 Å². The molecular formula is C43H43N7O5. The quantitative estimate of drug-likeness (QED) is 0.136. The number of hydrogen-bond acceptors (Lipinski definition) is 7. The van der Waals surface area contributed by atoms with Crippen LogP contribution in [0.2, 0.25) is 0 Å². The number of amides is 3. The molecule has 2 aliphatic rings. The molecule has 2 aliphatic heterocycles. The predicted molar refractivity (Wildman–Crippen MR) is 209 cm³/mol. The van der Waals surface area contributed by atoms with E-state index >= 15 is 0 Å². The van der Waals surface area contributed by atoms with Crippen molar-refractivity contribution in [1.29, 1.82) is 0 Å². The number of nitrogens with one attached hydrogen (secondary N) is 3. The van der Waals surface area contributed by atoms with Crippen molar-refractivity contribution in [2.45, 2.75) is 57.3 Å². The summed E-state index contributed by atoms with van der Waals surface area (Å²) in [5, 5.41) is 4.79. The zero-order valence-electron chi connectivity index (χ0n) is 30.8. The second kappa shape index (κ2) is 15.5. The van der Waals surface area contributed by atoms with Crippen LogP contribution in [0.15, 0.2) is 103 Å². The van der Waals surface area contributed by atoms with Crippen molar-refractivity contribution in [3.63, 3.8) is 0 Å². The second-order valence-corrected chi connectivity index (χ2v) is 14.2. The van der Waals surface area contributed by atoms with Crippen molar-refractivity contribution in [2.75, 3.05) is 20.2 Å². The Bertz CT molecular complexity index is 2320. The highest BCUT2D eigenvalue weighted by molar-refractivity contribution is 5.91. The Kier molecular flexibility index (Phi) is 10.0. The zero-order valence-corrected chi connectivity index (χ0v) is 30.8. The number of fused-ring (bicyclic) bond motifs is 1. The van der Waals surface area contributed by atoms with E-state index in [-0.39, 0.29) is 30.7 Å². The molecule has 0 aliphatic carbocycles. The lowest BCUT2D eigenvalue weighted by molar-refractivity contribution is -0.134. The van der Waals surface area contributed by atoms with Gasteiger partial charge in [-0.05, 0) is 77.8 Å². The van der Waals surface area contributed by atoms with Crippen LogP contribution in [0.5, 0.6) is 0 Å². The number of likely N-dealkylation sites (tertiary alicyclic amines) is 2. The Labute approximate surface area is 318 Å². The average molecular weight is 738 g/mol. The maximum Gasteiger partial charge on any atom is 0.410 e. The molecule has 6 aromatic rings. The minimum atomic E-state index is -0.699. The summed E-state index contributed by atoms with van der Waals surface area (Å²) in [5.74, 6) is 1.34. The van der Waals surface area contributed by atoms with Gasteiger partial charge in [0.2, 0.25) is 5.91 Å². The van der Waals surface area contributed by atoms with Gasteiger partial charge in [0.15, 0.2) is 0 Å². The highest BCUT2D eigenvalue weighted by Crippen LogP contribution is 2.35. The summed E-state index contributed by atoms with van der Waals surface area (Å²) in [6, 6.07) is 29.9. The Morgan fingerprint density at radius 1 is 0.745 bits per heavy atom. The molecule has 0 radical (unpaired) electrons. The van der Waals surface area contributed by atoms with Crippen LogP contribution in [0.3, 0.4) is 0 Å². The topological polar surface area (TPSA) is 146 Å². The molecule has 0 unspecified atom stereocenters. The van der Waals surface area contributed by atoms with E-state index in [0.29, 0.717) is 13.1 Å². The highest BCUT2D eigenvalue weighted by atomic mass is 16.6.